The van der Waals surface area contributed by atoms with Gasteiger partial charge in [-0.15, -0.1) is 0 Å². The number of benzene rings is 2. The first kappa shape index (κ1) is 24.1. The van der Waals surface area contributed by atoms with E-state index in [9.17, 15) is 9.59 Å². The number of aromatic nitrogens is 1. The summed E-state index contributed by atoms with van der Waals surface area (Å²) in [6, 6.07) is 9.99. The quantitative estimate of drug-likeness (QED) is 0.456. The van der Waals surface area contributed by atoms with Crippen molar-refractivity contribution in [1.82, 2.24) is 4.57 Å². The van der Waals surface area contributed by atoms with Crippen LogP contribution in [0, 0.1) is 0 Å². The van der Waals surface area contributed by atoms with Crippen molar-refractivity contribution in [2.75, 3.05) is 20.0 Å². The van der Waals surface area contributed by atoms with E-state index >= 15 is 0 Å². The minimum absolute atomic E-state index is 0.117. The number of rotatable bonds is 6. The topological polar surface area (TPSA) is 88.4 Å². The first-order chi connectivity index (χ1) is 17.4. The number of allylic oxidation sites excluding steroid dienone is 1. The highest BCUT2D eigenvalue weighted by Gasteiger charge is 2.34. The lowest BCUT2D eigenvalue weighted by molar-refractivity contribution is -0.139. The Morgan fingerprint density at radius 3 is 2.75 bits per heavy atom. The molecule has 3 heterocycles. The molecule has 1 aromatic heterocycles. The van der Waals surface area contributed by atoms with E-state index in [-0.39, 0.29) is 19.0 Å². The van der Waals surface area contributed by atoms with Gasteiger partial charge in [0.05, 0.1) is 40.1 Å². The highest BCUT2D eigenvalue weighted by Crippen LogP contribution is 2.38. The van der Waals surface area contributed by atoms with Crippen LogP contribution in [0.4, 0.5) is 0 Å². The molecule has 0 saturated heterocycles. The molecule has 10 heteroatoms. The SMILES string of the molecule is CCOC(=O)C1=C(C)N=c2s/c(=C\c3ccc(OCC)c(Cl)c3)c(=O)n2[C@H]1c1ccc2c(c1)OCO2. The highest BCUT2D eigenvalue weighted by molar-refractivity contribution is 7.07. The third-order valence-corrected chi connectivity index (χ3v) is 7.06. The monoisotopic (exact) mass is 526 g/mol. The number of hydrogen-bond donors (Lipinski definition) is 0. The van der Waals surface area contributed by atoms with E-state index in [1.165, 1.54) is 15.9 Å². The number of ether oxygens (including phenoxy) is 4. The standard InChI is InChI=1S/C26H23ClN2O6S/c1-4-32-18-8-6-15(10-17(18)27)11-21-24(30)29-23(16-7-9-19-20(12-16)35-13-34-19)22(25(31)33-5-2)14(3)28-26(29)36-21/h6-12,23H,4-5,13H2,1-3H3/b21-11-/t23-/m0/s1. The van der Waals surface area contributed by atoms with Gasteiger partial charge in [-0.2, -0.15) is 0 Å². The summed E-state index contributed by atoms with van der Waals surface area (Å²) in [6.45, 7) is 6.18. The van der Waals surface area contributed by atoms with Crippen molar-refractivity contribution in [3.05, 3.63) is 83.5 Å². The second-order valence-electron chi connectivity index (χ2n) is 8.04. The number of halogens is 1. The van der Waals surface area contributed by atoms with Crippen LogP contribution in [0.5, 0.6) is 17.2 Å². The molecular weight excluding hydrogens is 504 g/mol. The molecule has 0 radical (unpaired) electrons. The third kappa shape index (κ3) is 4.29. The Balaban J connectivity index is 1.67. The molecule has 0 aliphatic carbocycles. The molecule has 8 nitrogen and oxygen atoms in total. The van der Waals surface area contributed by atoms with Crippen molar-refractivity contribution in [2.24, 2.45) is 4.99 Å². The van der Waals surface area contributed by atoms with Crippen LogP contribution in [-0.2, 0) is 9.53 Å². The molecule has 0 bridgehead atoms. The average Bonchev–Trinajstić information content (AvgIpc) is 3.44. The van der Waals surface area contributed by atoms with Gasteiger partial charge >= 0.3 is 5.97 Å². The van der Waals surface area contributed by atoms with Crippen LogP contribution in [0.2, 0.25) is 5.02 Å². The predicted octanol–water partition coefficient (Wildman–Crippen LogP) is 3.58. The van der Waals surface area contributed by atoms with E-state index in [1.54, 1.807) is 44.2 Å². The summed E-state index contributed by atoms with van der Waals surface area (Å²) in [5.74, 6) is 1.22. The molecule has 2 aliphatic heterocycles. The van der Waals surface area contributed by atoms with Crippen LogP contribution < -0.4 is 29.1 Å². The lowest BCUT2D eigenvalue weighted by atomic mass is 9.95. The van der Waals surface area contributed by atoms with Gasteiger partial charge in [0, 0.05) is 0 Å². The third-order valence-electron chi connectivity index (χ3n) is 5.78. The van der Waals surface area contributed by atoms with Gasteiger partial charge in [0.2, 0.25) is 6.79 Å². The second-order valence-corrected chi connectivity index (χ2v) is 9.45. The zero-order chi connectivity index (χ0) is 25.4. The number of esters is 1. The molecule has 0 saturated carbocycles. The molecule has 2 aromatic carbocycles. The Labute approximate surface area is 215 Å². The van der Waals surface area contributed by atoms with Crippen molar-refractivity contribution < 1.29 is 23.7 Å². The maximum absolute atomic E-state index is 13.7. The molecule has 5 rings (SSSR count). The molecule has 0 amide bonds. The van der Waals surface area contributed by atoms with Crippen molar-refractivity contribution in [3.8, 4) is 17.2 Å². The number of carbonyl (C=O) groups excluding carboxylic acids is 1. The van der Waals surface area contributed by atoms with Crippen molar-refractivity contribution in [3.63, 3.8) is 0 Å². The van der Waals surface area contributed by atoms with Crippen molar-refractivity contribution in [2.45, 2.75) is 26.8 Å². The first-order valence-electron chi connectivity index (χ1n) is 11.4. The zero-order valence-electron chi connectivity index (χ0n) is 19.9. The lowest BCUT2D eigenvalue weighted by Crippen LogP contribution is -2.39. The molecule has 1 atom stereocenters. The van der Waals surface area contributed by atoms with E-state index in [1.807, 2.05) is 19.1 Å². The first-order valence-corrected chi connectivity index (χ1v) is 12.6. The summed E-state index contributed by atoms with van der Waals surface area (Å²) in [4.78, 5) is 31.8. The fourth-order valence-electron chi connectivity index (χ4n) is 4.22. The number of thiazole rings is 1. The normalized spacial score (nSPS) is 16.6. The minimum Gasteiger partial charge on any atom is -0.492 e. The van der Waals surface area contributed by atoms with Crippen molar-refractivity contribution in [1.29, 1.82) is 0 Å². The van der Waals surface area contributed by atoms with Gasteiger partial charge in [0.25, 0.3) is 5.56 Å². The molecule has 36 heavy (non-hydrogen) atoms. The van der Waals surface area contributed by atoms with Gasteiger partial charge < -0.3 is 18.9 Å². The highest BCUT2D eigenvalue weighted by atomic mass is 35.5. The Bertz CT molecular complexity index is 1570. The van der Waals surface area contributed by atoms with Crippen LogP contribution in [-0.4, -0.2) is 30.5 Å². The zero-order valence-corrected chi connectivity index (χ0v) is 21.4. The number of fused-ring (bicyclic) bond motifs is 2. The van der Waals surface area contributed by atoms with Gasteiger partial charge in [-0.1, -0.05) is 35.1 Å². The predicted molar refractivity (Wildman–Crippen MR) is 136 cm³/mol. The summed E-state index contributed by atoms with van der Waals surface area (Å²) in [5, 5.41) is 0.456. The maximum Gasteiger partial charge on any atom is 0.338 e. The van der Waals surface area contributed by atoms with E-state index in [0.717, 1.165) is 5.56 Å². The van der Waals surface area contributed by atoms with E-state index < -0.39 is 12.0 Å². The number of hydrogen-bond acceptors (Lipinski definition) is 8. The van der Waals surface area contributed by atoms with Crippen molar-refractivity contribution >= 4 is 35.0 Å². The maximum atomic E-state index is 13.7. The van der Waals surface area contributed by atoms with Crippen LogP contribution >= 0.6 is 22.9 Å². The molecule has 0 fully saturated rings. The molecule has 0 unspecified atom stereocenters. The Morgan fingerprint density at radius 2 is 2.00 bits per heavy atom. The lowest BCUT2D eigenvalue weighted by Gasteiger charge is -2.24. The van der Waals surface area contributed by atoms with Crippen LogP contribution in [0.3, 0.4) is 0 Å². The molecule has 0 spiro atoms. The Kier molecular flexibility index (Phi) is 6.59. The van der Waals surface area contributed by atoms with Crippen LogP contribution in [0.15, 0.2) is 57.5 Å². The van der Waals surface area contributed by atoms with E-state index in [4.69, 9.17) is 30.5 Å². The van der Waals surface area contributed by atoms with Gasteiger partial charge in [-0.25, -0.2) is 9.79 Å². The van der Waals surface area contributed by atoms with Gasteiger partial charge in [0.1, 0.15) is 5.75 Å². The number of carbonyl (C=O) groups is 1. The summed E-state index contributed by atoms with van der Waals surface area (Å²) in [5.41, 5.74) is 1.95. The average molecular weight is 527 g/mol. The molecule has 0 N–H and O–H groups in total. The summed E-state index contributed by atoms with van der Waals surface area (Å²) in [7, 11) is 0. The van der Waals surface area contributed by atoms with Gasteiger partial charge in [-0.05, 0) is 62.2 Å². The molecule has 2 aliphatic rings. The van der Waals surface area contributed by atoms with Gasteiger partial charge in [-0.3, -0.25) is 9.36 Å². The fraction of sp³-hybridized carbons (Fsp3) is 0.269. The minimum atomic E-state index is -0.735. The Hall–Kier alpha value is -3.56. The molecular formula is C26H23ClN2O6S. The molecule has 3 aromatic rings. The largest absolute Gasteiger partial charge is 0.492 e. The van der Waals surface area contributed by atoms with E-state index in [0.29, 0.717) is 55.0 Å². The summed E-state index contributed by atoms with van der Waals surface area (Å²) < 4.78 is 23.8. The summed E-state index contributed by atoms with van der Waals surface area (Å²) >= 11 is 7.59. The van der Waals surface area contributed by atoms with E-state index in [2.05, 4.69) is 4.99 Å². The van der Waals surface area contributed by atoms with Crippen LogP contribution in [0.25, 0.3) is 6.08 Å². The Morgan fingerprint density at radius 1 is 1.19 bits per heavy atom. The number of nitrogens with zero attached hydrogens (tertiary/aromatic N) is 2. The van der Waals surface area contributed by atoms with Gasteiger partial charge in [0.15, 0.2) is 16.3 Å². The molecule has 186 valence electrons. The summed E-state index contributed by atoms with van der Waals surface area (Å²) in [6.07, 6.45) is 1.76. The van der Waals surface area contributed by atoms with Crippen LogP contribution in [0.1, 0.15) is 37.9 Å². The fourth-order valence-corrected chi connectivity index (χ4v) is 5.51. The second kappa shape index (κ2) is 9.83. The smallest absolute Gasteiger partial charge is 0.338 e.